The quantitative estimate of drug-likeness (QED) is 0.373. The second-order valence-corrected chi connectivity index (χ2v) is 9.50. The molecule has 6 rings (SSSR count). The van der Waals surface area contributed by atoms with Gasteiger partial charge in [-0.15, -0.1) is 0 Å². The van der Waals surface area contributed by atoms with Crippen LogP contribution in [-0.2, 0) is 0 Å². The first kappa shape index (κ1) is 22.8. The van der Waals surface area contributed by atoms with Gasteiger partial charge in [-0.25, -0.2) is 4.79 Å². The number of benzene rings is 3. The molecule has 0 bridgehead atoms. The first-order valence-corrected chi connectivity index (χ1v) is 12.8. The van der Waals surface area contributed by atoms with Crippen molar-refractivity contribution in [3.63, 3.8) is 0 Å². The number of aromatic nitrogens is 2. The van der Waals surface area contributed by atoms with Gasteiger partial charge in [-0.2, -0.15) is 0 Å². The molecule has 0 amide bonds. The van der Waals surface area contributed by atoms with Crippen LogP contribution in [0.2, 0.25) is 0 Å². The summed E-state index contributed by atoms with van der Waals surface area (Å²) in [5, 5.41) is 0. The van der Waals surface area contributed by atoms with Crippen molar-refractivity contribution in [1.82, 2.24) is 19.4 Å². The summed E-state index contributed by atoms with van der Waals surface area (Å²) in [5.74, 6) is 0.866. The molecule has 7 nitrogen and oxygen atoms in total. The Bertz CT molecular complexity index is 1460. The molecule has 0 radical (unpaired) electrons. The molecule has 1 aromatic heterocycles. The van der Waals surface area contributed by atoms with Crippen molar-refractivity contribution >= 4 is 22.9 Å². The van der Waals surface area contributed by atoms with E-state index in [0.717, 1.165) is 77.6 Å². The lowest BCUT2D eigenvalue weighted by atomic mass is 10.0. The van der Waals surface area contributed by atoms with Crippen LogP contribution in [0.3, 0.4) is 0 Å². The summed E-state index contributed by atoms with van der Waals surface area (Å²) in [5.41, 5.74) is 6.02. The van der Waals surface area contributed by atoms with Crippen molar-refractivity contribution in [1.29, 1.82) is 0 Å². The highest BCUT2D eigenvalue weighted by molar-refractivity contribution is 6.02. The van der Waals surface area contributed by atoms with Crippen LogP contribution >= 0.6 is 0 Å². The summed E-state index contributed by atoms with van der Waals surface area (Å²) in [6.07, 6.45) is 3.07. The highest BCUT2D eigenvalue weighted by Crippen LogP contribution is 2.38. The lowest BCUT2D eigenvalue weighted by molar-refractivity contribution is 0.117. The van der Waals surface area contributed by atoms with Crippen LogP contribution in [0.1, 0.15) is 18.9 Å². The Balaban J connectivity index is 1.18. The van der Waals surface area contributed by atoms with E-state index in [1.165, 1.54) is 13.0 Å². The summed E-state index contributed by atoms with van der Waals surface area (Å²) in [7, 11) is 0. The van der Waals surface area contributed by atoms with Crippen molar-refractivity contribution in [2.75, 3.05) is 45.9 Å². The molecule has 2 aliphatic heterocycles. The van der Waals surface area contributed by atoms with Gasteiger partial charge >= 0.3 is 5.69 Å². The molecule has 1 saturated heterocycles. The summed E-state index contributed by atoms with van der Waals surface area (Å²) in [4.78, 5) is 25.7. The first-order chi connectivity index (χ1) is 17.7. The van der Waals surface area contributed by atoms with Crippen LogP contribution in [0.5, 0.6) is 5.75 Å². The normalized spacial score (nSPS) is 15.7. The van der Waals surface area contributed by atoms with Crippen molar-refractivity contribution in [2.24, 2.45) is 4.99 Å². The number of rotatable bonds is 7. The third kappa shape index (κ3) is 4.25. The molecule has 0 spiro atoms. The van der Waals surface area contributed by atoms with Gasteiger partial charge < -0.3 is 14.6 Å². The van der Waals surface area contributed by atoms with E-state index in [1.54, 1.807) is 4.57 Å². The number of para-hydroxylation sites is 2. The Hall–Kier alpha value is -3.68. The fourth-order valence-corrected chi connectivity index (χ4v) is 5.31. The number of imidazole rings is 1. The second kappa shape index (κ2) is 9.76. The fraction of sp³-hybridized carbons (Fsp3) is 0.310. The van der Waals surface area contributed by atoms with Gasteiger partial charge in [0, 0.05) is 50.1 Å². The van der Waals surface area contributed by atoms with Crippen LogP contribution in [0, 0.1) is 0 Å². The Morgan fingerprint density at radius 1 is 0.917 bits per heavy atom. The number of fused-ring (bicyclic) bond motifs is 2. The number of hydrogen-bond donors (Lipinski definition) is 1. The number of nitrogens with one attached hydrogen (secondary N) is 1. The molecular formula is C29H31N5O2. The molecule has 1 fully saturated rings. The highest BCUT2D eigenvalue weighted by Gasteiger charge is 2.20. The summed E-state index contributed by atoms with van der Waals surface area (Å²) in [6.45, 7) is 9.60. The Kier molecular flexibility index (Phi) is 6.17. The SMILES string of the molecule is CCCN1CCN(CCOc2ccc(-c3cccc4c3N=Cc3cccc5[nH]c(=O)n-4c35)cc2)CC1. The number of aromatic amines is 1. The van der Waals surface area contributed by atoms with Gasteiger partial charge in [0.05, 0.1) is 22.4 Å². The molecule has 0 unspecified atom stereocenters. The molecule has 0 atom stereocenters. The highest BCUT2D eigenvalue weighted by atomic mass is 16.5. The molecule has 3 aromatic carbocycles. The first-order valence-electron chi connectivity index (χ1n) is 12.8. The van der Waals surface area contributed by atoms with E-state index in [4.69, 9.17) is 9.73 Å². The van der Waals surface area contributed by atoms with Gasteiger partial charge in [-0.3, -0.25) is 14.5 Å². The molecule has 4 aromatic rings. The van der Waals surface area contributed by atoms with Gasteiger partial charge in [0.2, 0.25) is 0 Å². The minimum atomic E-state index is -0.156. The molecule has 1 N–H and O–H groups in total. The molecule has 0 aliphatic carbocycles. The van der Waals surface area contributed by atoms with Gasteiger partial charge in [0.1, 0.15) is 12.4 Å². The molecule has 7 heteroatoms. The van der Waals surface area contributed by atoms with Crippen LogP contribution in [0.15, 0.2) is 70.5 Å². The maximum absolute atomic E-state index is 12.9. The third-order valence-electron chi connectivity index (χ3n) is 7.17. The van der Waals surface area contributed by atoms with Crippen molar-refractivity contribution in [2.45, 2.75) is 13.3 Å². The van der Waals surface area contributed by atoms with Gasteiger partial charge in [-0.05, 0) is 42.8 Å². The number of H-pyrrole nitrogens is 1. The number of nitrogens with zero attached hydrogens (tertiary/aromatic N) is 4. The molecule has 184 valence electrons. The summed E-state index contributed by atoms with van der Waals surface area (Å²) < 4.78 is 7.79. The zero-order chi connectivity index (χ0) is 24.5. The minimum Gasteiger partial charge on any atom is -0.492 e. The molecule has 36 heavy (non-hydrogen) atoms. The van der Waals surface area contributed by atoms with E-state index < -0.39 is 0 Å². The van der Waals surface area contributed by atoms with Gasteiger partial charge in [0.25, 0.3) is 0 Å². The second-order valence-electron chi connectivity index (χ2n) is 9.50. The predicted octanol–water partition coefficient (Wildman–Crippen LogP) is 4.46. The van der Waals surface area contributed by atoms with E-state index in [-0.39, 0.29) is 5.69 Å². The standard InChI is InChI=1S/C29H31N5O2/c1-2-13-32-14-16-33(17-15-32)18-19-36-23-11-9-21(10-12-23)24-6-4-8-26-27(24)30-20-22-5-3-7-25-28(22)34(26)29(35)31-25/h3-12,20H,2,13-19H2,1H3,(H,31,35). The molecule has 3 heterocycles. The van der Waals surface area contributed by atoms with Crippen LogP contribution < -0.4 is 10.4 Å². The summed E-state index contributed by atoms with van der Waals surface area (Å²) in [6, 6.07) is 20.0. The average Bonchev–Trinajstić information content (AvgIpc) is 3.14. The van der Waals surface area contributed by atoms with E-state index in [9.17, 15) is 4.79 Å². The van der Waals surface area contributed by atoms with Crippen molar-refractivity contribution in [3.8, 4) is 22.6 Å². The molecule has 2 aliphatic rings. The van der Waals surface area contributed by atoms with Crippen molar-refractivity contribution < 1.29 is 4.74 Å². The number of ether oxygens (including phenoxy) is 1. The predicted molar refractivity (Wildman–Crippen MR) is 145 cm³/mol. The average molecular weight is 482 g/mol. The zero-order valence-corrected chi connectivity index (χ0v) is 20.6. The van der Waals surface area contributed by atoms with Crippen LogP contribution in [0.4, 0.5) is 5.69 Å². The van der Waals surface area contributed by atoms with Gasteiger partial charge in [-0.1, -0.05) is 43.3 Å². The Morgan fingerprint density at radius 3 is 2.44 bits per heavy atom. The third-order valence-corrected chi connectivity index (χ3v) is 7.17. The van der Waals surface area contributed by atoms with E-state index in [1.807, 2.05) is 48.7 Å². The topological polar surface area (TPSA) is 65.9 Å². The lowest BCUT2D eigenvalue weighted by Crippen LogP contribution is -2.47. The molecular weight excluding hydrogens is 450 g/mol. The van der Waals surface area contributed by atoms with Crippen LogP contribution in [0.25, 0.3) is 27.8 Å². The number of hydrogen-bond acceptors (Lipinski definition) is 5. The van der Waals surface area contributed by atoms with Crippen molar-refractivity contribution in [3.05, 3.63) is 76.7 Å². The molecule has 0 saturated carbocycles. The minimum absolute atomic E-state index is 0.156. The maximum Gasteiger partial charge on any atom is 0.331 e. The monoisotopic (exact) mass is 481 g/mol. The fourth-order valence-electron chi connectivity index (χ4n) is 5.31. The smallest absolute Gasteiger partial charge is 0.331 e. The number of piperazine rings is 1. The largest absolute Gasteiger partial charge is 0.492 e. The zero-order valence-electron chi connectivity index (χ0n) is 20.6. The van der Waals surface area contributed by atoms with E-state index >= 15 is 0 Å². The Morgan fingerprint density at radius 2 is 1.67 bits per heavy atom. The van der Waals surface area contributed by atoms with Gasteiger partial charge in [0.15, 0.2) is 0 Å². The number of aliphatic imine (C=N–C) groups is 1. The van der Waals surface area contributed by atoms with Crippen LogP contribution in [-0.4, -0.2) is 71.4 Å². The summed E-state index contributed by atoms with van der Waals surface area (Å²) >= 11 is 0. The lowest BCUT2D eigenvalue weighted by Gasteiger charge is -2.34. The maximum atomic E-state index is 12.9. The van der Waals surface area contributed by atoms with E-state index in [2.05, 4.69) is 39.9 Å². The van der Waals surface area contributed by atoms with E-state index in [0.29, 0.717) is 6.61 Å². The Labute approximate surface area is 210 Å².